The van der Waals surface area contributed by atoms with Crippen LogP contribution in [-0.4, -0.2) is 17.6 Å². The van der Waals surface area contributed by atoms with E-state index in [0.29, 0.717) is 5.75 Å². The molecule has 0 saturated heterocycles. The fourth-order valence-corrected chi connectivity index (χ4v) is 2.02. The summed E-state index contributed by atoms with van der Waals surface area (Å²) in [6.07, 6.45) is 1.38. The number of halogens is 1. The summed E-state index contributed by atoms with van der Waals surface area (Å²) in [5.41, 5.74) is 7.20. The molecule has 0 saturated carbocycles. The summed E-state index contributed by atoms with van der Waals surface area (Å²) in [6.45, 7) is 3.93. The van der Waals surface area contributed by atoms with Gasteiger partial charge in [-0.05, 0) is 31.5 Å². The second-order valence-electron chi connectivity index (χ2n) is 4.34. The molecule has 0 radical (unpaired) electrons. The predicted molar refractivity (Wildman–Crippen MR) is 83.6 cm³/mol. The average molecular weight is 351 g/mol. The Hall–Kier alpha value is -2.08. The lowest BCUT2D eigenvalue weighted by atomic mass is 10.2. The van der Waals surface area contributed by atoms with Crippen molar-refractivity contribution in [2.45, 2.75) is 13.8 Å². The average Bonchev–Trinajstić information content (AvgIpc) is 2.45. The van der Waals surface area contributed by atoms with E-state index in [9.17, 15) is 4.79 Å². The Morgan fingerprint density at radius 1 is 1.38 bits per heavy atom. The van der Waals surface area contributed by atoms with E-state index in [-0.39, 0.29) is 23.7 Å². The summed E-state index contributed by atoms with van der Waals surface area (Å²) in [7, 11) is 0. The van der Waals surface area contributed by atoms with Gasteiger partial charge in [-0.1, -0.05) is 22.0 Å². The lowest BCUT2D eigenvalue weighted by molar-refractivity contribution is 0.0527. The van der Waals surface area contributed by atoms with Crippen LogP contribution in [0.3, 0.4) is 0 Å². The number of aromatic nitrogens is 1. The van der Waals surface area contributed by atoms with Gasteiger partial charge in [-0.15, -0.1) is 0 Å². The van der Waals surface area contributed by atoms with Crippen molar-refractivity contribution in [1.29, 1.82) is 0 Å². The maximum atomic E-state index is 11.8. The van der Waals surface area contributed by atoms with Crippen molar-refractivity contribution in [2.24, 2.45) is 0 Å². The number of pyridine rings is 1. The van der Waals surface area contributed by atoms with Gasteiger partial charge >= 0.3 is 5.97 Å². The van der Waals surface area contributed by atoms with E-state index >= 15 is 0 Å². The van der Waals surface area contributed by atoms with Gasteiger partial charge in [0, 0.05) is 10.5 Å². The van der Waals surface area contributed by atoms with Crippen LogP contribution in [0, 0.1) is 6.92 Å². The largest absolute Gasteiger partial charge is 0.462 e. The number of anilines is 1. The third-order valence-electron chi connectivity index (χ3n) is 2.77. The summed E-state index contributed by atoms with van der Waals surface area (Å²) in [6, 6.07) is 7.15. The van der Waals surface area contributed by atoms with Crippen molar-refractivity contribution in [2.75, 3.05) is 12.3 Å². The number of benzene rings is 1. The zero-order chi connectivity index (χ0) is 15.4. The molecule has 2 aromatic rings. The Kier molecular flexibility index (Phi) is 4.80. The maximum Gasteiger partial charge on any atom is 0.340 e. The van der Waals surface area contributed by atoms with Crippen molar-refractivity contribution in [1.82, 2.24) is 4.98 Å². The number of rotatable bonds is 4. The molecular formula is C15H15BrN2O3. The van der Waals surface area contributed by atoms with Crippen molar-refractivity contribution in [3.8, 4) is 11.6 Å². The molecule has 0 amide bonds. The molecule has 110 valence electrons. The number of carbonyl (C=O) groups is 1. The molecule has 21 heavy (non-hydrogen) atoms. The Labute approximate surface area is 131 Å². The van der Waals surface area contributed by atoms with E-state index < -0.39 is 5.97 Å². The van der Waals surface area contributed by atoms with Gasteiger partial charge in [0.05, 0.1) is 24.1 Å². The summed E-state index contributed by atoms with van der Waals surface area (Å²) >= 11 is 3.38. The van der Waals surface area contributed by atoms with E-state index in [4.69, 9.17) is 15.2 Å². The van der Waals surface area contributed by atoms with Crippen molar-refractivity contribution in [3.05, 3.63) is 46.1 Å². The Morgan fingerprint density at radius 3 is 2.86 bits per heavy atom. The summed E-state index contributed by atoms with van der Waals surface area (Å²) in [5.74, 6) is 0.443. The highest BCUT2D eigenvalue weighted by atomic mass is 79.9. The number of hydrogen-bond donors (Lipinski definition) is 1. The second-order valence-corrected chi connectivity index (χ2v) is 5.26. The highest BCUT2D eigenvalue weighted by Crippen LogP contribution is 2.28. The van der Waals surface area contributed by atoms with Crippen LogP contribution < -0.4 is 10.5 Å². The normalized spacial score (nSPS) is 10.2. The van der Waals surface area contributed by atoms with Crippen LogP contribution >= 0.6 is 15.9 Å². The zero-order valence-electron chi connectivity index (χ0n) is 11.7. The number of aryl methyl sites for hydroxylation is 1. The fraction of sp³-hybridized carbons (Fsp3) is 0.200. The lowest BCUT2D eigenvalue weighted by Crippen LogP contribution is -2.08. The van der Waals surface area contributed by atoms with Gasteiger partial charge in [-0.2, -0.15) is 0 Å². The molecule has 0 aliphatic rings. The molecule has 0 aliphatic carbocycles. The fourth-order valence-electron chi connectivity index (χ4n) is 1.68. The van der Waals surface area contributed by atoms with Gasteiger partial charge in [-0.3, -0.25) is 0 Å². The van der Waals surface area contributed by atoms with Crippen LogP contribution in [-0.2, 0) is 4.74 Å². The Balaban J connectivity index is 2.31. The molecule has 6 heteroatoms. The molecule has 0 unspecified atom stereocenters. The maximum absolute atomic E-state index is 11.8. The topological polar surface area (TPSA) is 74.4 Å². The van der Waals surface area contributed by atoms with Crippen LogP contribution in [0.25, 0.3) is 0 Å². The first-order valence-electron chi connectivity index (χ1n) is 6.38. The molecule has 1 heterocycles. The standard InChI is InChI=1S/C15H15BrN2O3/c1-3-20-15(19)11-7-14(18-8-12(11)17)21-13-6-10(16)5-4-9(13)2/h4-8H,3,17H2,1-2H3. The first-order chi connectivity index (χ1) is 10.0. The molecule has 1 aromatic carbocycles. The molecule has 0 atom stereocenters. The van der Waals surface area contributed by atoms with E-state index in [1.807, 2.05) is 25.1 Å². The van der Waals surface area contributed by atoms with Gasteiger partial charge < -0.3 is 15.2 Å². The first kappa shape index (κ1) is 15.3. The third-order valence-corrected chi connectivity index (χ3v) is 3.26. The van der Waals surface area contributed by atoms with E-state index in [1.165, 1.54) is 12.3 Å². The molecule has 0 spiro atoms. The number of hydrogen-bond acceptors (Lipinski definition) is 5. The number of nitrogen functional groups attached to an aromatic ring is 1. The molecule has 0 bridgehead atoms. The van der Waals surface area contributed by atoms with Crippen molar-refractivity contribution >= 4 is 27.6 Å². The van der Waals surface area contributed by atoms with Crippen molar-refractivity contribution in [3.63, 3.8) is 0 Å². The molecule has 0 fully saturated rings. The first-order valence-corrected chi connectivity index (χ1v) is 7.17. The molecular weight excluding hydrogens is 336 g/mol. The minimum absolute atomic E-state index is 0.245. The van der Waals surface area contributed by atoms with Crippen molar-refractivity contribution < 1.29 is 14.3 Å². The zero-order valence-corrected chi connectivity index (χ0v) is 13.3. The number of nitrogens with zero attached hydrogens (tertiary/aromatic N) is 1. The smallest absolute Gasteiger partial charge is 0.340 e. The second kappa shape index (κ2) is 6.58. The van der Waals surface area contributed by atoms with Gasteiger partial charge in [0.25, 0.3) is 0 Å². The lowest BCUT2D eigenvalue weighted by Gasteiger charge is -2.10. The monoisotopic (exact) mass is 350 g/mol. The molecule has 2 rings (SSSR count). The van der Waals surface area contributed by atoms with E-state index in [1.54, 1.807) is 6.92 Å². The minimum atomic E-state index is -0.492. The van der Waals surface area contributed by atoms with Crippen LogP contribution in [0.2, 0.25) is 0 Å². The van der Waals surface area contributed by atoms with Gasteiger partial charge in [0.2, 0.25) is 5.88 Å². The molecule has 1 aromatic heterocycles. The van der Waals surface area contributed by atoms with Crippen LogP contribution in [0.15, 0.2) is 34.9 Å². The minimum Gasteiger partial charge on any atom is -0.462 e. The van der Waals surface area contributed by atoms with Crippen LogP contribution in [0.1, 0.15) is 22.8 Å². The number of ether oxygens (including phenoxy) is 2. The number of esters is 1. The van der Waals surface area contributed by atoms with Gasteiger partial charge in [0.1, 0.15) is 5.75 Å². The number of carbonyl (C=O) groups excluding carboxylic acids is 1. The Bertz CT molecular complexity index is 674. The summed E-state index contributed by atoms with van der Waals surface area (Å²) in [4.78, 5) is 15.9. The highest BCUT2D eigenvalue weighted by molar-refractivity contribution is 9.10. The highest BCUT2D eigenvalue weighted by Gasteiger charge is 2.14. The SMILES string of the molecule is CCOC(=O)c1cc(Oc2cc(Br)ccc2C)ncc1N. The third kappa shape index (κ3) is 3.72. The van der Waals surface area contributed by atoms with Gasteiger partial charge in [-0.25, -0.2) is 9.78 Å². The Morgan fingerprint density at radius 2 is 2.14 bits per heavy atom. The molecule has 2 N–H and O–H groups in total. The van der Waals surface area contributed by atoms with Gasteiger partial charge in [0.15, 0.2) is 0 Å². The van der Waals surface area contributed by atoms with E-state index in [2.05, 4.69) is 20.9 Å². The quantitative estimate of drug-likeness (QED) is 0.850. The van der Waals surface area contributed by atoms with Crippen LogP contribution in [0.5, 0.6) is 11.6 Å². The molecule has 5 nitrogen and oxygen atoms in total. The number of nitrogens with two attached hydrogens (primary N) is 1. The summed E-state index contributed by atoms with van der Waals surface area (Å²) < 4.78 is 11.5. The summed E-state index contributed by atoms with van der Waals surface area (Å²) in [5, 5.41) is 0. The van der Waals surface area contributed by atoms with Crippen LogP contribution in [0.4, 0.5) is 5.69 Å². The van der Waals surface area contributed by atoms with E-state index in [0.717, 1.165) is 10.0 Å². The molecule has 0 aliphatic heterocycles. The predicted octanol–water partition coefficient (Wildman–Crippen LogP) is 3.70.